The summed E-state index contributed by atoms with van der Waals surface area (Å²) in [7, 11) is 2.99. The topological polar surface area (TPSA) is 58.9 Å². The Bertz CT molecular complexity index is 441. The number of ether oxygens (including phenoxy) is 2. The first-order valence-corrected chi connectivity index (χ1v) is 5.73. The molecular weight excluding hydrogens is 244 g/mol. The van der Waals surface area contributed by atoms with Gasteiger partial charge in [0.1, 0.15) is 5.75 Å². The molecule has 0 aliphatic heterocycles. The number of hydrogen-bond acceptors (Lipinski definition) is 4. The van der Waals surface area contributed by atoms with Gasteiger partial charge in [-0.15, -0.1) is 0 Å². The van der Waals surface area contributed by atoms with Crippen LogP contribution in [-0.2, 0) is 6.42 Å². The highest BCUT2D eigenvalue weighted by molar-refractivity contribution is 6.33. The first kappa shape index (κ1) is 12.3. The lowest BCUT2D eigenvalue weighted by atomic mass is 10.0. The van der Waals surface area contributed by atoms with Crippen molar-refractivity contribution in [2.45, 2.75) is 24.9 Å². The van der Waals surface area contributed by atoms with Crippen LogP contribution in [0.3, 0.4) is 0 Å². The molecule has 0 bridgehead atoms. The fourth-order valence-electron chi connectivity index (χ4n) is 1.84. The van der Waals surface area contributed by atoms with Crippen LogP contribution in [0.4, 0.5) is 0 Å². The zero-order chi connectivity index (χ0) is 12.6. The van der Waals surface area contributed by atoms with Gasteiger partial charge in [-0.1, -0.05) is 11.6 Å². The summed E-state index contributed by atoms with van der Waals surface area (Å²) in [5.74, 6) is 0.813. The maximum absolute atomic E-state index is 9.94. The predicted octanol–water partition coefficient (Wildman–Crippen LogP) is 2.13. The molecular formula is C12H15ClO4. The van der Waals surface area contributed by atoms with Gasteiger partial charge >= 0.3 is 0 Å². The third-order valence-electron chi connectivity index (χ3n) is 3.01. The third-order valence-corrected chi connectivity index (χ3v) is 3.43. The van der Waals surface area contributed by atoms with Gasteiger partial charge < -0.3 is 19.7 Å². The van der Waals surface area contributed by atoms with Crippen LogP contribution < -0.4 is 9.47 Å². The molecule has 0 atom stereocenters. The highest BCUT2D eigenvalue weighted by Crippen LogP contribution is 2.47. The van der Waals surface area contributed by atoms with Gasteiger partial charge in [0.15, 0.2) is 11.5 Å². The Morgan fingerprint density at radius 1 is 1.35 bits per heavy atom. The Kier molecular flexibility index (Phi) is 3.10. The number of methoxy groups -OCH3 is 2. The van der Waals surface area contributed by atoms with Crippen molar-refractivity contribution in [2.75, 3.05) is 14.2 Å². The van der Waals surface area contributed by atoms with E-state index in [4.69, 9.17) is 21.1 Å². The number of phenols is 1. The number of halogens is 1. The van der Waals surface area contributed by atoms with E-state index in [-0.39, 0.29) is 10.8 Å². The largest absolute Gasteiger partial charge is 0.506 e. The normalized spacial score (nSPS) is 16.7. The Balaban J connectivity index is 2.48. The van der Waals surface area contributed by atoms with E-state index in [0.29, 0.717) is 23.5 Å². The quantitative estimate of drug-likeness (QED) is 0.869. The van der Waals surface area contributed by atoms with Gasteiger partial charge in [0, 0.05) is 18.1 Å². The van der Waals surface area contributed by atoms with Crippen LogP contribution in [0, 0.1) is 0 Å². The molecule has 1 saturated carbocycles. The highest BCUT2D eigenvalue weighted by Gasteiger charge is 2.42. The second-order valence-corrected chi connectivity index (χ2v) is 4.70. The van der Waals surface area contributed by atoms with Crippen molar-refractivity contribution >= 4 is 11.6 Å². The molecule has 4 nitrogen and oxygen atoms in total. The summed E-state index contributed by atoms with van der Waals surface area (Å²) in [4.78, 5) is 0. The summed E-state index contributed by atoms with van der Waals surface area (Å²) >= 11 is 6.04. The summed E-state index contributed by atoms with van der Waals surface area (Å²) in [6.45, 7) is 0. The molecule has 5 heteroatoms. The Hall–Kier alpha value is -1.13. The van der Waals surface area contributed by atoms with Crippen molar-refractivity contribution in [2.24, 2.45) is 0 Å². The third kappa shape index (κ3) is 2.28. The van der Waals surface area contributed by atoms with Crippen LogP contribution in [-0.4, -0.2) is 30.0 Å². The molecule has 1 aromatic rings. The van der Waals surface area contributed by atoms with E-state index in [1.807, 2.05) is 0 Å². The molecule has 94 valence electrons. The second kappa shape index (κ2) is 4.27. The fourth-order valence-corrected chi connectivity index (χ4v) is 2.05. The lowest BCUT2D eigenvalue weighted by Crippen LogP contribution is -2.12. The molecule has 1 aromatic carbocycles. The summed E-state index contributed by atoms with van der Waals surface area (Å²) in [6, 6.07) is 1.40. The number of phenolic OH excluding ortho intramolecular Hbond substituents is 1. The Morgan fingerprint density at radius 3 is 2.47 bits per heavy atom. The molecule has 1 aliphatic rings. The van der Waals surface area contributed by atoms with Gasteiger partial charge in [0.25, 0.3) is 0 Å². The average molecular weight is 259 g/mol. The van der Waals surface area contributed by atoms with Gasteiger partial charge in [-0.05, 0) is 12.8 Å². The Labute approximate surface area is 105 Å². The summed E-state index contributed by atoms with van der Waals surface area (Å²) in [6.07, 6.45) is 1.84. The van der Waals surface area contributed by atoms with Crippen molar-refractivity contribution in [3.63, 3.8) is 0 Å². The van der Waals surface area contributed by atoms with Crippen molar-refractivity contribution in [1.82, 2.24) is 0 Å². The van der Waals surface area contributed by atoms with Gasteiger partial charge in [0.2, 0.25) is 0 Å². The fraction of sp³-hybridized carbons (Fsp3) is 0.500. The lowest BCUT2D eigenvalue weighted by Gasteiger charge is -2.17. The summed E-state index contributed by atoms with van der Waals surface area (Å²) in [5, 5.41) is 19.9. The maximum atomic E-state index is 9.94. The van der Waals surface area contributed by atoms with Crippen LogP contribution in [0.5, 0.6) is 17.2 Å². The Morgan fingerprint density at radius 2 is 2.00 bits per heavy atom. The summed E-state index contributed by atoms with van der Waals surface area (Å²) < 4.78 is 10.4. The minimum atomic E-state index is -0.713. The minimum absolute atomic E-state index is 0.0661. The minimum Gasteiger partial charge on any atom is -0.506 e. The van der Waals surface area contributed by atoms with Crippen molar-refractivity contribution in [3.05, 3.63) is 16.7 Å². The average Bonchev–Trinajstić information content (AvgIpc) is 3.02. The number of rotatable bonds is 4. The smallest absolute Gasteiger partial charge is 0.165 e. The summed E-state index contributed by atoms with van der Waals surface area (Å²) in [5.41, 5.74) is -0.124. The number of aliphatic hydroxyl groups is 1. The van der Waals surface area contributed by atoms with Crippen molar-refractivity contribution in [3.8, 4) is 17.2 Å². The molecule has 1 fully saturated rings. The van der Waals surface area contributed by atoms with E-state index in [0.717, 1.165) is 12.8 Å². The lowest BCUT2D eigenvalue weighted by molar-refractivity contribution is 0.149. The van der Waals surface area contributed by atoms with Gasteiger partial charge in [-0.25, -0.2) is 0 Å². The van der Waals surface area contributed by atoms with Gasteiger partial charge in [-0.3, -0.25) is 0 Å². The van der Waals surface area contributed by atoms with Gasteiger partial charge in [0.05, 0.1) is 24.8 Å². The molecule has 0 unspecified atom stereocenters. The molecule has 17 heavy (non-hydrogen) atoms. The molecule has 2 rings (SSSR count). The maximum Gasteiger partial charge on any atom is 0.165 e. The molecule has 0 radical (unpaired) electrons. The van der Waals surface area contributed by atoms with Crippen LogP contribution in [0.25, 0.3) is 0 Å². The van der Waals surface area contributed by atoms with Crippen LogP contribution in [0.2, 0.25) is 5.02 Å². The molecule has 0 saturated heterocycles. The zero-order valence-corrected chi connectivity index (χ0v) is 10.5. The van der Waals surface area contributed by atoms with Crippen LogP contribution in [0.15, 0.2) is 6.07 Å². The number of benzene rings is 1. The molecule has 0 amide bonds. The monoisotopic (exact) mass is 258 g/mol. The molecule has 1 aliphatic carbocycles. The van der Waals surface area contributed by atoms with Gasteiger partial charge in [-0.2, -0.15) is 0 Å². The van der Waals surface area contributed by atoms with E-state index < -0.39 is 5.60 Å². The highest BCUT2D eigenvalue weighted by atomic mass is 35.5. The van der Waals surface area contributed by atoms with E-state index >= 15 is 0 Å². The van der Waals surface area contributed by atoms with E-state index in [1.165, 1.54) is 20.3 Å². The number of aromatic hydroxyl groups is 1. The standard InChI is InChI=1S/C12H15ClO4/c1-16-9-5-8(14)10(13)7(11(9)17-2)6-12(15)3-4-12/h5,14-15H,3-4,6H2,1-2H3. The molecule has 2 N–H and O–H groups in total. The SMILES string of the molecule is COc1cc(O)c(Cl)c(CC2(O)CC2)c1OC. The predicted molar refractivity (Wildman–Crippen MR) is 64.1 cm³/mol. The van der Waals surface area contributed by atoms with E-state index in [1.54, 1.807) is 0 Å². The first-order valence-electron chi connectivity index (χ1n) is 5.35. The van der Waals surface area contributed by atoms with E-state index in [2.05, 4.69) is 0 Å². The van der Waals surface area contributed by atoms with Crippen LogP contribution >= 0.6 is 11.6 Å². The molecule has 0 spiro atoms. The van der Waals surface area contributed by atoms with Crippen molar-refractivity contribution in [1.29, 1.82) is 0 Å². The van der Waals surface area contributed by atoms with Crippen molar-refractivity contribution < 1.29 is 19.7 Å². The van der Waals surface area contributed by atoms with Crippen LogP contribution in [0.1, 0.15) is 18.4 Å². The zero-order valence-electron chi connectivity index (χ0n) is 9.79. The second-order valence-electron chi connectivity index (χ2n) is 4.32. The molecule has 0 heterocycles. The van der Waals surface area contributed by atoms with E-state index in [9.17, 15) is 10.2 Å². The molecule has 0 aromatic heterocycles. The number of hydrogen-bond donors (Lipinski definition) is 2. The first-order chi connectivity index (χ1) is 8.00.